The van der Waals surface area contributed by atoms with Crippen LogP contribution in [0, 0.1) is 11.7 Å². The van der Waals surface area contributed by atoms with E-state index in [0.29, 0.717) is 5.75 Å². The van der Waals surface area contributed by atoms with Crippen molar-refractivity contribution >= 4 is 12.0 Å². The number of aliphatic carboxylic acids is 1. The number of rotatable bonds is 7. The van der Waals surface area contributed by atoms with E-state index >= 15 is 0 Å². The topological polar surface area (TPSA) is 78.9 Å². The van der Waals surface area contributed by atoms with Crippen LogP contribution < -0.4 is 10.1 Å². The molecule has 0 aliphatic rings. The molecule has 2 amide bonds. The first-order chi connectivity index (χ1) is 9.90. The maximum atomic E-state index is 12.7. The Morgan fingerprint density at radius 3 is 2.57 bits per heavy atom. The summed E-state index contributed by atoms with van der Waals surface area (Å²) in [5, 5.41) is 11.4. The highest BCUT2D eigenvalue weighted by Gasteiger charge is 2.16. The smallest absolute Gasteiger partial charge is 0.317 e. The Bertz CT molecular complexity index is 478. The van der Waals surface area contributed by atoms with Crippen molar-refractivity contribution in [1.29, 1.82) is 0 Å². The predicted octanol–water partition coefficient (Wildman–Crippen LogP) is 1.57. The number of carboxylic acid groups (broad SMARTS) is 1. The van der Waals surface area contributed by atoms with Gasteiger partial charge in [0.05, 0.1) is 12.5 Å². The first-order valence-electron chi connectivity index (χ1n) is 6.50. The summed E-state index contributed by atoms with van der Waals surface area (Å²) in [5.41, 5.74) is 0. The van der Waals surface area contributed by atoms with E-state index in [0.717, 1.165) is 0 Å². The van der Waals surface area contributed by atoms with Crippen LogP contribution in [-0.2, 0) is 4.79 Å². The molecule has 1 unspecified atom stereocenters. The number of benzene rings is 1. The molecule has 0 heterocycles. The van der Waals surface area contributed by atoms with Crippen LogP contribution in [0.2, 0.25) is 0 Å². The van der Waals surface area contributed by atoms with Crippen molar-refractivity contribution in [3.8, 4) is 5.75 Å². The van der Waals surface area contributed by atoms with Crippen molar-refractivity contribution in [1.82, 2.24) is 10.2 Å². The van der Waals surface area contributed by atoms with Gasteiger partial charge in [0.2, 0.25) is 0 Å². The minimum atomic E-state index is -0.950. The predicted molar refractivity (Wildman–Crippen MR) is 74.7 cm³/mol. The highest BCUT2D eigenvalue weighted by molar-refractivity contribution is 5.75. The normalized spacial score (nSPS) is 11.6. The summed E-state index contributed by atoms with van der Waals surface area (Å²) in [6, 6.07) is 5.20. The zero-order valence-corrected chi connectivity index (χ0v) is 12.0. The number of amides is 2. The number of hydrogen-bond acceptors (Lipinski definition) is 3. The summed E-state index contributed by atoms with van der Waals surface area (Å²) in [7, 11) is 1.52. The second-order valence-corrected chi connectivity index (χ2v) is 4.65. The van der Waals surface area contributed by atoms with Crippen LogP contribution in [-0.4, -0.2) is 48.8 Å². The minimum Gasteiger partial charge on any atom is -0.492 e. The molecular weight excluding hydrogens is 279 g/mol. The molecule has 6 nitrogen and oxygen atoms in total. The lowest BCUT2D eigenvalue weighted by atomic mass is 10.2. The van der Waals surface area contributed by atoms with Crippen molar-refractivity contribution in [2.24, 2.45) is 5.92 Å². The summed E-state index contributed by atoms with van der Waals surface area (Å²) in [6.45, 7) is 2.16. The minimum absolute atomic E-state index is 0.125. The molecule has 0 saturated carbocycles. The van der Waals surface area contributed by atoms with Crippen LogP contribution in [0.1, 0.15) is 6.92 Å². The third-order valence-electron chi connectivity index (χ3n) is 2.78. The molecule has 1 rings (SSSR count). The van der Waals surface area contributed by atoms with Crippen LogP contribution in [0.5, 0.6) is 5.75 Å². The van der Waals surface area contributed by atoms with Gasteiger partial charge in [0.1, 0.15) is 18.2 Å². The van der Waals surface area contributed by atoms with Gasteiger partial charge in [-0.25, -0.2) is 9.18 Å². The summed E-state index contributed by atoms with van der Waals surface area (Å²) < 4.78 is 18.0. The molecule has 0 aliphatic carbocycles. The lowest BCUT2D eigenvalue weighted by molar-refractivity contribution is -0.141. The maximum absolute atomic E-state index is 12.7. The fourth-order valence-corrected chi connectivity index (χ4v) is 1.56. The second-order valence-electron chi connectivity index (χ2n) is 4.65. The maximum Gasteiger partial charge on any atom is 0.317 e. The van der Waals surface area contributed by atoms with Gasteiger partial charge >= 0.3 is 12.0 Å². The summed E-state index contributed by atoms with van der Waals surface area (Å²) >= 11 is 0. The number of carbonyl (C=O) groups is 2. The molecule has 2 N–H and O–H groups in total. The molecule has 1 aromatic rings. The molecule has 0 radical (unpaired) electrons. The van der Waals surface area contributed by atoms with E-state index in [-0.39, 0.29) is 31.5 Å². The van der Waals surface area contributed by atoms with E-state index in [2.05, 4.69) is 5.32 Å². The molecule has 7 heteroatoms. The van der Waals surface area contributed by atoms with E-state index in [9.17, 15) is 14.0 Å². The Balaban J connectivity index is 2.24. The van der Waals surface area contributed by atoms with Crippen molar-refractivity contribution < 1.29 is 23.8 Å². The number of carboxylic acids is 1. The first-order valence-corrected chi connectivity index (χ1v) is 6.50. The molecule has 0 aliphatic heterocycles. The quantitative estimate of drug-likeness (QED) is 0.749. The van der Waals surface area contributed by atoms with Crippen molar-refractivity contribution in [3.63, 3.8) is 0 Å². The fraction of sp³-hybridized carbons (Fsp3) is 0.429. The molecule has 116 valence electrons. The van der Waals surface area contributed by atoms with Gasteiger partial charge < -0.3 is 20.1 Å². The Kier molecular flexibility index (Phi) is 6.45. The van der Waals surface area contributed by atoms with Gasteiger partial charge in [0, 0.05) is 13.6 Å². The molecule has 0 spiro atoms. The van der Waals surface area contributed by atoms with Crippen LogP contribution >= 0.6 is 0 Å². The van der Waals surface area contributed by atoms with Crippen LogP contribution in [0.3, 0.4) is 0 Å². The van der Waals surface area contributed by atoms with Crippen molar-refractivity contribution in [3.05, 3.63) is 30.1 Å². The lowest BCUT2D eigenvalue weighted by Crippen LogP contribution is -2.42. The number of urea groups is 1. The molecular formula is C14H19FN2O4. The third-order valence-corrected chi connectivity index (χ3v) is 2.78. The molecule has 0 bridgehead atoms. The fourth-order valence-electron chi connectivity index (χ4n) is 1.56. The molecule has 0 fully saturated rings. The lowest BCUT2D eigenvalue weighted by Gasteiger charge is -2.20. The molecule has 0 aromatic heterocycles. The Morgan fingerprint density at radius 1 is 1.38 bits per heavy atom. The van der Waals surface area contributed by atoms with E-state index in [1.54, 1.807) is 0 Å². The van der Waals surface area contributed by atoms with E-state index in [4.69, 9.17) is 9.84 Å². The molecule has 1 aromatic carbocycles. The van der Waals surface area contributed by atoms with Gasteiger partial charge in [-0.05, 0) is 24.3 Å². The van der Waals surface area contributed by atoms with Gasteiger partial charge in [0.15, 0.2) is 0 Å². The van der Waals surface area contributed by atoms with Gasteiger partial charge in [-0.3, -0.25) is 4.79 Å². The average Bonchev–Trinajstić information content (AvgIpc) is 2.44. The zero-order valence-electron chi connectivity index (χ0n) is 12.0. The van der Waals surface area contributed by atoms with Crippen LogP contribution in [0.15, 0.2) is 24.3 Å². The van der Waals surface area contributed by atoms with E-state index in [1.165, 1.54) is 43.1 Å². The van der Waals surface area contributed by atoms with Crippen molar-refractivity contribution in [2.75, 3.05) is 26.7 Å². The Labute approximate surface area is 122 Å². The largest absolute Gasteiger partial charge is 0.492 e. The third kappa shape index (κ3) is 6.11. The van der Waals surface area contributed by atoms with Gasteiger partial charge in [0.25, 0.3) is 0 Å². The van der Waals surface area contributed by atoms with Crippen LogP contribution in [0.4, 0.5) is 9.18 Å². The highest BCUT2D eigenvalue weighted by atomic mass is 19.1. The number of carbonyl (C=O) groups excluding carboxylic acids is 1. The number of nitrogens with one attached hydrogen (secondary N) is 1. The van der Waals surface area contributed by atoms with E-state index in [1.807, 2.05) is 0 Å². The second kappa shape index (κ2) is 8.08. The number of hydrogen-bond donors (Lipinski definition) is 2. The average molecular weight is 298 g/mol. The first kappa shape index (κ1) is 16.7. The van der Waals surface area contributed by atoms with Gasteiger partial charge in [-0.1, -0.05) is 6.92 Å². The number of nitrogens with zero attached hydrogens (tertiary/aromatic N) is 1. The van der Waals surface area contributed by atoms with Crippen LogP contribution in [0.25, 0.3) is 0 Å². The zero-order chi connectivity index (χ0) is 15.8. The van der Waals surface area contributed by atoms with E-state index < -0.39 is 11.9 Å². The monoisotopic (exact) mass is 298 g/mol. The Hall–Kier alpha value is -2.31. The summed E-state index contributed by atoms with van der Waals surface area (Å²) in [6.07, 6.45) is 0. The van der Waals surface area contributed by atoms with Gasteiger partial charge in [-0.2, -0.15) is 0 Å². The summed E-state index contributed by atoms with van der Waals surface area (Å²) in [5.74, 6) is -1.41. The standard InChI is InChI=1S/C14H19FN2O4/c1-10(13(18)19)9-17(2)14(20)16-7-8-21-12-5-3-11(15)4-6-12/h3-6,10H,7-9H2,1-2H3,(H,16,20)(H,18,19). The SMILES string of the molecule is CC(CN(C)C(=O)NCCOc1ccc(F)cc1)C(=O)O. The number of halogens is 1. The molecule has 0 saturated heterocycles. The highest BCUT2D eigenvalue weighted by Crippen LogP contribution is 2.10. The summed E-state index contributed by atoms with van der Waals surface area (Å²) in [4.78, 5) is 23.7. The molecule has 1 atom stereocenters. The number of ether oxygens (including phenoxy) is 1. The van der Waals surface area contributed by atoms with Gasteiger partial charge in [-0.15, -0.1) is 0 Å². The van der Waals surface area contributed by atoms with Crippen molar-refractivity contribution in [2.45, 2.75) is 6.92 Å². The molecule has 21 heavy (non-hydrogen) atoms. The Morgan fingerprint density at radius 2 is 2.00 bits per heavy atom.